The highest BCUT2D eigenvalue weighted by molar-refractivity contribution is 4.88. The average Bonchev–Trinajstić information content (AvgIpc) is 2.09. The van der Waals surface area contributed by atoms with E-state index in [1.165, 1.54) is 0 Å². The van der Waals surface area contributed by atoms with Crippen molar-refractivity contribution in [3.63, 3.8) is 0 Å². The van der Waals surface area contributed by atoms with E-state index in [2.05, 4.69) is 6.92 Å². The third kappa shape index (κ3) is 5.50. The number of aliphatic hydroxyl groups is 1. The summed E-state index contributed by atoms with van der Waals surface area (Å²) >= 11 is 0. The topological polar surface area (TPSA) is 55.5 Å². The number of ether oxygens (including phenoxy) is 1. The lowest BCUT2D eigenvalue weighted by Gasteiger charge is -2.37. The van der Waals surface area contributed by atoms with Crippen molar-refractivity contribution in [1.29, 1.82) is 0 Å². The predicted molar refractivity (Wildman–Crippen MR) is 63.8 cm³/mol. The van der Waals surface area contributed by atoms with Gasteiger partial charge in [0.1, 0.15) is 0 Å². The van der Waals surface area contributed by atoms with E-state index < -0.39 is 0 Å². The van der Waals surface area contributed by atoms with Gasteiger partial charge in [-0.1, -0.05) is 13.3 Å². The minimum atomic E-state index is -0.327. The van der Waals surface area contributed by atoms with Crippen molar-refractivity contribution in [1.82, 2.24) is 0 Å². The molecule has 3 atom stereocenters. The van der Waals surface area contributed by atoms with Gasteiger partial charge in [0.15, 0.2) is 0 Å². The molecule has 0 heterocycles. The van der Waals surface area contributed by atoms with Crippen LogP contribution in [0.25, 0.3) is 0 Å². The summed E-state index contributed by atoms with van der Waals surface area (Å²) in [4.78, 5) is 0. The summed E-state index contributed by atoms with van der Waals surface area (Å²) in [7, 11) is 1.72. The zero-order valence-corrected chi connectivity index (χ0v) is 10.8. The molecule has 0 aliphatic rings. The lowest BCUT2D eigenvalue weighted by atomic mass is 9.79. The van der Waals surface area contributed by atoms with Crippen molar-refractivity contribution in [2.24, 2.45) is 11.7 Å². The van der Waals surface area contributed by atoms with E-state index in [-0.39, 0.29) is 23.7 Å². The first-order chi connectivity index (χ1) is 6.82. The molecule has 0 saturated carbocycles. The molecule has 0 rings (SSSR count). The standard InChI is InChI=1S/C12H27NO2/c1-6-7-11(15-5)10(8-9(2)14)12(3,4)13/h9-11,14H,6-8,13H2,1-5H3. The lowest BCUT2D eigenvalue weighted by molar-refractivity contribution is -0.00339. The Labute approximate surface area is 94.0 Å². The van der Waals surface area contributed by atoms with Crippen molar-refractivity contribution in [2.75, 3.05) is 7.11 Å². The summed E-state index contributed by atoms with van der Waals surface area (Å²) in [6, 6.07) is 0. The van der Waals surface area contributed by atoms with Gasteiger partial charge in [0, 0.05) is 18.6 Å². The highest BCUT2D eigenvalue weighted by atomic mass is 16.5. The summed E-state index contributed by atoms with van der Waals surface area (Å²) < 4.78 is 5.49. The van der Waals surface area contributed by atoms with Gasteiger partial charge in [-0.15, -0.1) is 0 Å². The molecule has 3 nitrogen and oxygen atoms in total. The third-order valence-electron chi connectivity index (χ3n) is 2.88. The second kappa shape index (κ2) is 6.46. The number of methoxy groups -OCH3 is 1. The summed E-state index contributed by atoms with van der Waals surface area (Å²) in [6.07, 6.45) is 2.58. The zero-order chi connectivity index (χ0) is 12.1. The van der Waals surface area contributed by atoms with Crippen molar-refractivity contribution in [2.45, 2.75) is 64.7 Å². The number of nitrogens with two attached hydrogens (primary N) is 1. The molecule has 0 aromatic heterocycles. The van der Waals surface area contributed by atoms with Crippen LogP contribution in [0.2, 0.25) is 0 Å². The van der Waals surface area contributed by atoms with E-state index in [4.69, 9.17) is 10.5 Å². The molecule has 0 amide bonds. The minimum absolute atomic E-state index is 0.143. The number of hydrogen-bond acceptors (Lipinski definition) is 3. The molecule has 0 aromatic rings. The van der Waals surface area contributed by atoms with E-state index in [1.807, 2.05) is 13.8 Å². The third-order valence-corrected chi connectivity index (χ3v) is 2.88. The highest BCUT2D eigenvalue weighted by Crippen LogP contribution is 2.27. The highest BCUT2D eigenvalue weighted by Gasteiger charge is 2.33. The van der Waals surface area contributed by atoms with Gasteiger partial charge in [-0.25, -0.2) is 0 Å². The maximum atomic E-state index is 9.49. The van der Waals surface area contributed by atoms with Gasteiger partial charge in [-0.2, -0.15) is 0 Å². The van der Waals surface area contributed by atoms with Crippen LogP contribution in [0.3, 0.4) is 0 Å². The molecule has 0 saturated heterocycles. The molecular formula is C12H27NO2. The molecule has 0 aliphatic carbocycles. The molecule has 15 heavy (non-hydrogen) atoms. The molecule has 0 fully saturated rings. The summed E-state index contributed by atoms with van der Waals surface area (Å²) in [6.45, 7) is 7.94. The average molecular weight is 217 g/mol. The van der Waals surface area contributed by atoms with Crippen LogP contribution in [-0.2, 0) is 4.74 Å². The Hall–Kier alpha value is -0.120. The monoisotopic (exact) mass is 217 g/mol. The quantitative estimate of drug-likeness (QED) is 0.685. The molecule has 0 bridgehead atoms. The largest absolute Gasteiger partial charge is 0.393 e. The van der Waals surface area contributed by atoms with Crippen LogP contribution < -0.4 is 5.73 Å². The van der Waals surface area contributed by atoms with Crippen LogP contribution >= 0.6 is 0 Å². The Morgan fingerprint density at radius 1 is 1.40 bits per heavy atom. The van der Waals surface area contributed by atoms with Crippen LogP contribution in [0.1, 0.15) is 47.0 Å². The number of aliphatic hydroxyl groups excluding tert-OH is 1. The molecule has 3 N–H and O–H groups in total. The van der Waals surface area contributed by atoms with Gasteiger partial charge in [0.25, 0.3) is 0 Å². The zero-order valence-electron chi connectivity index (χ0n) is 10.8. The van der Waals surface area contributed by atoms with E-state index >= 15 is 0 Å². The summed E-state index contributed by atoms with van der Waals surface area (Å²) in [5, 5.41) is 9.49. The van der Waals surface area contributed by atoms with E-state index in [0.29, 0.717) is 6.42 Å². The van der Waals surface area contributed by atoms with Gasteiger partial charge in [-0.3, -0.25) is 0 Å². The van der Waals surface area contributed by atoms with Crippen molar-refractivity contribution in [3.05, 3.63) is 0 Å². The fourth-order valence-corrected chi connectivity index (χ4v) is 2.07. The molecule has 3 heteroatoms. The first-order valence-corrected chi connectivity index (χ1v) is 5.82. The fraction of sp³-hybridized carbons (Fsp3) is 1.00. The van der Waals surface area contributed by atoms with Crippen molar-refractivity contribution >= 4 is 0 Å². The van der Waals surface area contributed by atoms with Gasteiger partial charge < -0.3 is 15.6 Å². The SMILES string of the molecule is CCCC(OC)C(CC(C)O)C(C)(C)N. The smallest absolute Gasteiger partial charge is 0.0617 e. The number of rotatable bonds is 7. The molecule has 0 radical (unpaired) electrons. The molecule has 0 aromatic carbocycles. The second-order valence-corrected chi connectivity index (χ2v) is 5.08. The van der Waals surface area contributed by atoms with Crippen LogP contribution in [-0.4, -0.2) is 30.0 Å². The summed E-state index contributed by atoms with van der Waals surface area (Å²) in [5.74, 6) is 0.197. The van der Waals surface area contributed by atoms with E-state index in [0.717, 1.165) is 12.8 Å². The first kappa shape index (κ1) is 14.9. The molecule has 0 spiro atoms. The first-order valence-electron chi connectivity index (χ1n) is 5.82. The Morgan fingerprint density at radius 3 is 2.20 bits per heavy atom. The predicted octanol–water partition coefficient (Wildman–Crippen LogP) is 1.93. The minimum Gasteiger partial charge on any atom is -0.393 e. The molecule has 0 aliphatic heterocycles. The normalized spacial score (nSPS) is 18.6. The maximum Gasteiger partial charge on any atom is 0.0617 e. The van der Waals surface area contributed by atoms with Crippen LogP contribution in [0.5, 0.6) is 0 Å². The molecular weight excluding hydrogens is 190 g/mol. The Kier molecular flexibility index (Phi) is 6.41. The van der Waals surface area contributed by atoms with Crippen LogP contribution in [0.15, 0.2) is 0 Å². The van der Waals surface area contributed by atoms with Crippen LogP contribution in [0, 0.1) is 5.92 Å². The van der Waals surface area contributed by atoms with Crippen LogP contribution in [0.4, 0.5) is 0 Å². The van der Waals surface area contributed by atoms with E-state index in [1.54, 1.807) is 14.0 Å². The Bertz CT molecular complexity index is 163. The molecule has 92 valence electrons. The van der Waals surface area contributed by atoms with Gasteiger partial charge in [-0.05, 0) is 33.6 Å². The van der Waals surface area contributed by atoms with Gasteiger partial charge in [0.05, 0.1) is 12.2 Å². The maximum absolute atomic E-state index is 9.49. The van der Waals surface area contributed by atoms with Gasteiger partial charge in [0.2, 0.25) is 0 Å². The van der Waals surface area contributed by atoms with Crippen molar-refractivity contribution < 1.29 is 9.84 Å². The Morgan fingerprint density at radius 2 is 1.93 bits per heavy atom. The molecule has 3 unspecified atom stereocenters. The summed E-state index contributed by atoms with van der Waals surface area (Å²) in [5.41, 5.74) is 5.83. The second-order valence-electron chi connectivity index (χ2n) is 5.08. The van der Waals surface area contributed by atoms with E-state index in [9.17, 15) is 5.11 Å². The number of hydrogen-bond donors (Lipinski definition) is 2. The fourth-order valence-electron chi connectivity index (χ4n) is 2.07. The van der Waals surface area contributed by atoms with Crippen molar-refractivity contribution in [3.8, 4) is 0 Å². The Balaban J connectivity index is 4.58. The van der Waals surface area contributed by atoms with Gasteiger partial charge >= 0.3 is 0 Å². The lowest BCUT2D eigenvalue weighted by Crippen LogP contribution is -2.48.